The number of carbonyl (C=O) groups is 1. The zero-order valence-electron chi connectivity index (χ0n) is 16.3. The van der Waals surface area contributed by atoms with E-state index in [2.05, 4.69) is 31.0 Å². The Balaban J connectivity index is 1.57. The number of hydrogen-bond donors (Lipinski definition) is 0. The summed E-state index contributed by atoms with van der Waals surface area (Å²) in [7, 11) is 0. The van der Waals surface area contributed by atoms with Gasteiger partial charge in [0.15, 0.2) is 10.1 Å². The molecule has 1 saturated heterocycles. The first-order valence-corrected chi connectivity index (χ1v) is 11.4. The summed E-state index contributed by atoms with van der Waals surface area (Å²) in [6.07, 6.45) is 2.04. The summed E-state index contributed by atoms with van der Waals surface area (Å²) in [6.45, 7) is 5.43. The van der Waals surface area contributed by atoms with Gasteiger partial charge in [-0.3, -0.25) is 9.69 Å². The van der Waals surface area contributed by atoms with Crippen molar-refractivity contribution < 1.29 is 9.53 Å². The van der Waals surface area contributed by atoms with Crippen molar-refractivity contribution in [3.8, 4) is 0 Å². The van der Waals surface area contributed by atoms with Gasteiger partial charge in [-0.25, -0.2) is 9.97 Å². The van der Waals surface area contributed by atoms with Crippen LogP contribution < -0.4 is 4.90 Å². The number of thiazole rings is 2. The third-order valence-corrected chi connectivity index (χ3v) is 7.50. The minimum Gasteiger partial charge on any atom is -0.376 e. The van der Waals surface area contributed by atoms with Crippen molar-refractivity contribution in [3.05, 3.63) is 52.5 Å². The smallest absolute Gasteiger partial charge is 0.289 e. The van der Waals surface area contributed by atoms with Gasteiger partial charge in [0.1, 0.15) is 0 Å². The van der Waals surface area contributed by atoms with Crippen LogP contribution in [-0.4, -0.2) is 35.1 Å². The molecular formula is C22H21N3O2S2. The number of hydrogen-bond acceptors (Lipinski definition) is 6. The highest BCUT2D eigenvalue weighted by Gasteiger charge is 2.29. The fourth-order valence-electron chi connectivity index (χ4n) is 3.65. The predicted octanol–water partition coefficient (Wildman–Crippen LogP) is 5.35. The maximum Gasteiger partial charge on any atom is 0.289 e. The van der Waals surface area contributed by atoms with Crippen LogP contribution in [0.25, 0.3) is 20.4 Å². The molecule has 3 heterocycles. The van der Waals surface area contributed by atoms with Gasteiger partial charge in [-0.15, -0.1) is 11.3 Å². The number of carbonyl (C=O) groups excluding carboxylic acids is 1. The number of aryl methyl sites for hydroxylation is 2. The molecule has 1 unspecified atom stereocenters. The Morgan fingerprint density at radius 1 is 1.14 bits per heavy atom. The van der Waals surface area contributed by atoms with Gasteiger partial charge in [-0.05, 0) is 56.0 Å². The highest BCUT2D eigenvalue weighted by molar-refractivity contribution is 7.23. The number of para-hydroxylation sites is 1. The standard InChI is InChI=1S/C22H21N3O2S2/c1-13-9-10-18-19(14(13)2)24-22(29-18)25(12-15-6-5-11-27-15)21(26)20-23-16-7-3-4-8-17(16)28-20/h3-4,7-10,15H,5-6,11-12H2,1-2H3. The average Bonchev–Trinajstić information content (AvgIpc) is 3.47. The Kier molecular flexibility index (Phi) is 4.81. The zero-order valence-corrected chi connectivity index (χ0v) is 18.0. The van der Waals surface area contributed by atoms with Crippen molar-refractivity contribution in [1.29, 1.82) is 0 Å². The van der Waals surface area contributed by atoms with Crippen molar-refractivity contribution in [1.82, 2.24) is 9.97 Å². The first kappa shape index (κ1) is 18.7. The van der Waals surface area contributed by atoms with Gasteiger partial charge in [0.2, 0.25) is 0 Å². The topological polar surface area (TPSA) is 55.3 Å². The summed E-state index contributed by atoms with van der Waals surface area (Å²) in [5.41, 5.74) is 4.19. The molecule has 0 radical (unpaired) electrons. The molecule has 2 aromatic heterocycles. The van der Waals surface area contributed by atoms with Crippen molar-refractivity contribution >= 4 is 54.1 Å². The molecule has 2 aromatic carbocycles. The van der Waals surface area contributed by atoms with Crippen LogP contribution in [0.4, 0.5) is 5.13 Å². The normalized spacial score (nSPS) is 16.7. The maximum absolute atomic E-state index is 13.5. The van der Waals surface area contributed by atoms with E-state index >= 15 is 0 Å². The van der Waals surface area contributed by atoms with Crippen molar-refractivity contribution in [3.63, 3.8) is 0 Å². The second kappa shape index (κ2) is 7.48. The number of rotatable bonds is 4. The number of nitrogens with zero attached hydrogens (tertiary/aromatic N) is 3. The fraction of sp³-hybridized carbons (Fsp3) is 0.318. The molecule has 5 rings (SSSR count). The lowest BCUT2D eigenvalue weighted by Crippen LogP contribution is -2.37. The van der Waals surface area contributed by atoms with E-state index in [9.17, 15) is 4.79 Å². The number of anilines is 1. The molecule has 5 nitrogen and oxygen atoms in total. The van der Waals surface area contributed by atoms with E-state index < -0.39 is 0 Å². The molecule has 0 bridgehead atoms. The lowest BCUT2D eigenvalue weighted by atomic mass is 10.1. The third-order valence-electron chi connectivity index (χ3n) is 5.44. The van der Waals surface area contributed by atoms with Gasteiger partial charge in [-0.1, -0.05) is 29.5 Å². The summed E-state index contributed by atoms with van der Waals surface area (Å²) in [4.78, 5) is 24.7. The first-order chi connectivity index (χ1) is 14.1. The Bertz CT molecular complexity index is 1170. The number of benzene rings is 2. The average molecular weight is 424 g/mol. The number of ether oxygens (including phenoxy) is 1. The van der Waals surface area contributed by atoms with Crippen LogP contribution in [0, 0.1) is 13.8 Å². The summed E-state index contributed by atoms with van der Waals surface area (Å²) >= 11 is 2.99. The Hall–Kier alpha value is -2.35. The highest BCUT2D eigenvalue weighted by atomic mass is 32.1. The Morgan fingerprint density at radius 3 is 2.79 bits per heavy atom. The van der Waals surface area contributed by atoms with E-state index in [4.69, 9.17) is 9.72 Å². The van der Waals surface area contributed by atoms with E-state index in [1.807, 2.05) is 24.3 Å². The van der Waals surface area contributed by atoms with Crippen LogP contribution >= 0.6 is 22.7 Å². The van der Waals surface area contributed by atoms with Gasteiger partial charge in [0.05, 0.1) is 33.1 Å². The van der Waals surface area contributed by atoms with Crippen molar-refractivity contribution in [2.45, 2.75) is 32.8 Å². The molecule has 1 fully saturated rings. The molecule has 1 amide bonds. The Morgan fingerprint density at radius 2 is 2.00 bits per heavy atom. The van der Waals surface area contributed by atoms with Crippen LogP contribution in [0.1, 0.15) is 33.8 Å². The second-order valence-electron chi connectivity index (χ2n) is 7.39. The van der Waals surface area contributed by atoms with Gasteiger partial charge >= 0.3 is 0 Å². The van der Waals surface area contributed by atoms with Crippen molar-refractivity contribution in [2.75, 3.05) is 18.1 Å². The number of fused-ring (bicyclic) bond motifs is 2. The third kappa shape index (κ3) is 3.43. The molecule has 0 aliphatic carbocycles. The highest BCUT2D eigenvalue weighted by Crippen LogP contribution is 2.34. The largest absolute Gasteiger partial charge is 0.376 e. The van der Waals surface area contributed by atoms with E-state index in [0.29, 0.717) is 16.7 Å². The first-order valence-electron chi connectivity index (χ1n) is 9.76. The van der Waals surface area contributed by atoms with Crippen LogP contribution in [0.3, 0.4) is 0 Å². The SMILES string of the molecule is Cc1ccc2sc(N(CC3CCCO3)C(=O)c3nc4ccccc4s3)nc2c1C. The zero-order chi connectivity index (χ0) is 20.0. The van der Waals surface area contributed by atoms with E-state index in [0.717, 1.165) is 45.4 Å². The predicted molar refractivity (Wildman–Crippen MR) is 119 cm³/mol. The van der Waals surface area contributed by atoms with Crippen molar-refractivity contribution in [2.24, 2.45) is 0 Å². The summed E-state index contributed by atoms with van der Waals surface area (Å²) in [6, 6.07) is 12.1. The van der Waals surface area contributed by atoms with Gasteiger partial charge < -0.3 is 4.74 Å². The van der Waals surface area contributed by atoms with Crippen LogP contribution in [-0.2, 0) is 4.74 Å². The minimum absolute atomic E-state index is 0.0446. The van der Waals surface area contributed by atoms with Crippen LogP contribution in [0.15, 0.2) is 36.4 Å². The number of amides is 1. The minimum atomic E-state index is -0.102. The number of aromatic nitrogens is 2. The fourth-order valence-corrected chi connectivity index (χ4v) is 5.60. The van der Waals surface area contributed by atoms with Gasteiger partial charge in [0.25, 0.3) is 5.91 Å². The Labute approximate surface area is 177 Å². The molecule has 1 aliphatic heterocycles. The molecule has 1 atom stereocenters. The second-order valence-corrected chi connectivity index (χ2v) is 9.43. The molecule has 1 aliphatic rings. The molecule has 0 N–H and O–H groups in total. The van der Waals surface area contributed by atoms with Crippen LogP contribution in [0.5, 0.6) is 0 Å². The molecular weight excluding hydrogens is 402 g/mol. The maximum atomic E-state index is 13.5. The lowest BCUT2D eigenvalue weighted by molar-refractivity contribution is 0.0917. The van der Waals surface area contributed by atoms with E-state index in [-0.39, 0.29) is 12.0 Å². The monoisotopic (exact) mass is 423 g/mol. The van der Waals surface area contributed by atoms with Crippen LogP contribution in [0.2, 0.25) is 0 Å². The van der Waals surface area contributed by atoms with Gasteiger partial charge in [0, 0.05) is 6.61 Å². The molecule has 7 heteroatoms. The summed E-state index contributed by atoms with van der Waals surface area (Å²) < 4.78 is 7.95. The molecule has 0 spiro atoms. The quantitative estimate of drug-likeness (QED) is 0.444. The molecule has 4 aromatic rings. The van der Waals surface area contributed by atoms with Gasteiger partial charge in [-0.2, -0.15) is 0 Å². The molecule has 29 heavy (non-hydrogen) atoms. The molecule has 0 saturated carbocycles. The lowest BCUT2D eigenvalue weighted by Gasteiger charge is -2.22. The summed E-state index contributed by atoms with van der Waals surface area (Å²) in [5.74, 6) is -0.102. The molecule has 148 valence electrons. The van der Waals surface area contributed by atoms with E-state index in [1.54, 1.807) is 16.2 Å². The summed E-state index contributed by atoms with van der Waals surface area (Å²) in [5, 5.41) is 1.21. The van der Waals surface area contributed by atoms with E-state index in [1.165, 1.54) is 16.9 Å².